The zero-order valence-electron chi connectivity index (χ0n) is 3.23. The molecule has 0 saturated heterocycles. The molecule has 0 aromatic rings. The minimum atomic E-state index is 0. The molecule has 0 spiro atoms. The normalized spacial score (nSPS) is 1.20. The van der Waals surface area contributed by atoms with Crippen molar-refractivity contribution in [3.8, 4) is 0 Å². The Hall–Kier alpha value is 2.85. The van der Waals surface area contributed by atoms with Gasteiger partial charge in [0.1, 0.15) is 0 Å². The van der Waals surface area contributed by atoms with Gasteiger partial charge in [-0.05, 0) is 0 Å². The van der Waals surface area contributed by atoms with Crippen LogP contribution in [0.1, 0.15) is 0 Å². The second-order valence-corrected chi connectivity index (χ2v) is 0. The van der Waals surface area contributed by atoms with E-state index in [1.54, 1.807) is 0 Å². The maximum absolute atomic E-state index is 7.72. The molecule has 2 nitrogen and oxygen atoms in total. The van der Waals surface area contributed by atoms with Gasteiger partial charge in [0, 0.05) is 0 Å². The van der Waals surface area contributed by atoms with Gasteiger partial charge in [0.15, 0.2) is 0 Å². The van der Waals surface area contributed by atoms with Gasteiger partial charge in [0.25, 0.3) is 0 Å². The van der Waals surface area contributed by atoms with Gasteiger partial charge in [-0.25, -0.2) is 11.9 Å². The van der Waals surface area contributed by atoms with Crippen molar-refractivity contribution in [2.24, 2.45) is 0 Å². The summed E-state index contributed by atoms with van der Waals surface area (Å²) in [5.41, 5.74) is 0. The van der Waals surface area contributed by atoms with E-state index in [-0.39, 0.29) is 86.4 Å². The van der Waals surface area contributed by atoms with E-state index in [9.17, 15) is 0 Å². The summed E-state index contributed by atoms with van der Waals surface area (Å²) in [5.74, 6) is 0. The van der Waals surface area contributed by atoms with Crippen LogP contribution in [0, 0.1) is 0 Å². The monoisotopic (exact) mass is 130 g/mol. The molecule has 0 rings (SSSR count). The Bertz CT molecular complexity index is 9.61. The first kappa shape index (κ1) is 24.9. The molecule has 0 saturated carbocycles. The molecule has 0 aliphatic heterocycles. The average molecular weight is 131 g/mol. The number of rotatable bonds is 0. The molecule has 0 unspecified atom stereocenters. The summed E-state index contributed by atoms with van der Waals surface area (Å²) in [6, 6.07) is 0. The first-order valence-corrected chi connectivity index (χ1v) is 0.463. The third kappa shape index (κ3) is 19.8. The third-order valence-electron chi connectivity index (χ3n) is 0. The number of hydrogen-bond donors (Lipinski definition) is 0. The molecular formula is HClKNaO2. The van der Waals surface area contributed by atoms with Crippen molar-refractivity contribution < 1.29 is 91.1 Å². The fourth-order valence-corrected chi connectivity index (χ4v) is 0. The van der Waals surface area contributed by atoms with Crippen LogP contribution in [0.5, 0.6) is 0 Å². The molecule has 0 aromatic heterocycles. The average Bonchev–Trinajstić information content (AvgIpc) is 1.00. The molecule has 5 heteroatoms. The van der Waals surface area contributed by atoms with E-state index in [1.165, 1.54) is 0 Å². The van der Waals surface area contributed by atoms with Crippen molar-refractivity contribution in [3.63, 3.8) is 0 Å². The predicted octanol–water partition coefficient (Wildman–Crippen LogP) is -6.67. The molecule has 0 radical (unpaired) electrons. The van der Waals surface area contributed by atoms with Crippen molar-refractivity contribution in [3.05, 3.63) is 0 Å². The van der Waals surface area contributed by atoms with Gasteiger partial charge in [-0.2, -0.15) is 0 Å². The van der Waals surface area contributed by atoms with Gasteiger partial charge >= 0.3 is 80.9 Å². The van der Waals surface area contributed by atoms with Crippen LogP contribution in [0.25, 0.3) is 0 Å². The van der Waals surface area contributed by atoms with Gasteiger partial charge in [0.05, 0.1) is 0 Å². The number of halogens is 1. The van der Waals surface area contributed by atoms with Crippen molar-refractivity contribution >= 4 is 11.9 Å². The zero-order chi connectivity index (χ0) is 2.00. The SMILES string of the molecule is [K+].[Na+].[O-]Cl.[OH-]. The van der Waals surface area contributed by atoms with Crippen molar-refractivity contribution in [2.75, 3.05) is 0 Å². The second kappa shape index (κ2) is 28.9. The molecule has 0 aliphatic carbocycles. The molecule has 0 aromatic carbocycles. The fourth-order valence-electron chi connectivity index (χ4n) is 0. The Morgan fingerprint density at radius 2 is 1.20 bits per heavy atom. The van der Waals surface area contributed by atoms with Crippen molar-refractivity contribution in [1.29, 1.82) is 0 Å². The second-order valence-electron chi connectivity index (χ2n) is 0. The van der Waals surface area contributed by atoms with Crippen LogP contribution in [0.2, 0.25) is 0 Å². The van der Waals surface area contributed by atoms with Gasteiger partial charge in [-0.15, -0.1) is 0 Å². The summed E-state index contributed by atoms with van der Waals surface area (Å²) in [7, 11) is 0. The van der Waals surface area contributed by atoms with Crippen LogP contribution < -0.4 is 85.6 Å². The van der Waals surface area contributed by atoms with Gasteiger partial charge in [-0.1, -0.05) is 0 Å². The predicted molar refractivity (Wildman–Crippen MR) is 7.79 cm³/mol. The largest absolute Gasteiger partial charge is 1.00 e. The molecular weight excluding hydrogens is 130 g/mol. The Labute approximate surface area is 100 Å². The van der Waals surface area contributed by atoms with Crippen molar-refractivity contribution in [2.45, 2.75) is 0 Å². The van der Waals surface area contributed by atoms with Gasteiger partial charge < -0.3 is 10.1 Å². The summed E-state index contributed by atoms with van der Waals surface area (Å²) < 4.78 is 7.72. The molecule has 0 amide bonds. The minimum Gasteiger partial charge on any atom is -0.870 e. The van der Waals surface area contributed by atoms with E-state index in [4.69, 9.17) is 4.66 Å². The summed E-state index contributed by atoms with van der Waals surface area (Å²) in [6.07, 6.45) is 0. The molecule has 0 atom stereocenters. The van der Waals surface area contributed by atoms with Crippen LogP contribution >= 0.6 is 11.9 Å². The van der Waals surface area contributed by atoms with Gasteiger partial charge in [0.2, 0.25) is 0 Å². The standard InChI is InChI=1S/ClO.K.Na.H2O/c1-2;;;/h;;;1H2/q-1;2*+1;/p-1. The smallest absolute Gasteiger partial charge is 0.870 e. The summed E-state index contributed by atoms with van der Waals surface area (Å²) in [5, 5.41) is 0. The Kier molecular flexibility index (Phi) is 144. The molecule has 22 valence electrons. The van der Waals surface area contributed by atoms with E-state index in [1.807, 2.05) is 0 Å². The van der Waals surface area contributed by atoms with Crippen LogP contribution in [0.15, 0.2) is 0 Å². The molecule has 0 aliphatic rings. The van der Waals surface area contributed by atoms with Gasteiger partial charge in [-0.3, -0.25) is 0 Å². The van der Waals surface area contributed by atoms with Crippen LogP contribution in [-0.2, 0) is 0 Å². The summed E-state index contributed by atoms with van der Waals surface area (Å²) >= 11 is 3.39. The first-order valence-electron chi connectivity index (χ1n) is 0.154. The zero-order valence-corrected chi connectivity index (χ0v) is 9.11. The summed E-state index contributed by atoms with van der Waals surface area (Å²) in [4.78, 5) is 0. The van der Waals surface area contributed by atoms with E-state index in [0.29, 0.717) is 0 Å². The third-order valence-corrected chi connectivity index (χ3v) is 0. The molecule has 5 heavy (non-hydrogen) atoms. The van der Waals surface area contributed by atoms with E-state index >= 15 is 0 Å². The molecule has 0 fully saturated rings. The van der Waals surface area contributed by atoms with Crippen LogP contribution in [0.4, 0.5) is 0 Å². The fraction of sp³-hybridized carbons (Fsp3) is 0. The Balaban J connectivity index is -0.00000000167. The molecule has 0 heterocycles. The number of hydrogen-bond acceptors (Lipinski definition) is 2. The maximum Gasteiger partial charge on any atom is 1.00 e. The maximum atomic E-state index is 7.72. The van der Waals surface area contributed by atoms with E-state index < -0.39 is 0 Å². The first-order chi connectivity index (χ1) is 1.00. The Morgan fingerprint density at radius 1 is 1.20 bits per heavy atom. The topological polar surface area (TPSA) is 53.1 Å². The Morgan fingerprint density at radius 3 is 1.20 bits per heavy atom. The van der Waals surface area contributed by atoms with Crippen LogP contribution in [0.3, 0.4) is 0 Å². The van der Waals surface area contributed by atoms with E-state index in [0.717, 1.165) is 0 Å². The quantitative estimate of drug-likeness (QED) is 0.306. The summed E-state index contributed by atoms with van der Waals surface area (Å²) in [6.45, 7) is 0. The molecule has 1 N–H and O–H groups in total. The van der Waals surface area contributed by atoms with Crippen LogP contribution in [-0.4, -0.2) is 5.48 Å². The van der Waals surface area contributed by atoms with E-state index in [2.05, 4.69) is 11.9 Å². The molecule has 0 bridgehead atoms. The van der Waals surface area contributed by atoms with Crippen molar-refractivity contribution in [1.82, 2.24) is 0 Å². The minimum absolute atomic E-state index is 0.